The van der Waals surface area contributed by atoms with Gasteiger partial charge < -0.3 is 5.32 Å². The molecule has 20 heavy (non-hydrogen) atoms. The van der Waals surface area contributed by atoms with Gasteiger partial charge in [-0.1, -0.05) is 55.4 Å². The van der Waals surface area contributed by atoms with Crippen LogP contribution in [0.5, 0.6) is 0 Å². The third kappa shape index (κ3) is 4.32. The molecule has 0 saturated carbocycles. The third-order valence-electron chi connectivity index (χ3n) is 3.20. The Hall–Kier alpha value is -1.39. The van der Waals surface area contributed by atoms with Crippen LogP contribution in [0.2, 0.25) is 0 Å². The van der Waals surface area contributed by atoms with E-state index in [1.807, 2.05) is 18.6 Å². The van der Waals surface area contributed by atoms with Crippen molar-refractivity contribution < 1.29 is 0 Å². The van der Waals surface area contributed by atoms with Crippen LogP contribution in [-0.2, 0) is 6.54 Å². The largest absolute Gasteiger partial charge is 0.306 e. The molecule has 2 rings (SSSR count). The molecule has 0 aliphatic heterocycles. The van der Waals surface area contributed by atoms with E-state index >= 15 is 0 Å². The van der Waals surface area contributed by atoms with Gasteiger partial charge in [0.15, 0.2) is 5.16 Å². The van der Waals surface area contributed by atoms with Crippen molar-refractivity contribution in [1.82, 2.24) is 15.3 Å². The molecule has 0 aliphatic rings. The third-order valence-corrected chi connectivity index (χ3v) is 3.77. The summed E-state index contributed by atoms with van der Waals surface area (Å²) in [4.78, 5) is 8.61. The highest BCUT2D eigenvalue weighted by Crippen LogP contribution is 2.18. The van der Waals surface area contributed by atoms with Gasteiger partial charge in [-0.2, -0.15) is 0 Å². The second kappa shape index (κ2) is 8.02. The lowest BCUT2D eigenvalue weighted by molar-refractivity contribution is 0.492. The van der Waals surface area contributed by atoms with Gasteiger partial charge in [-0.05, 0) is 18.2 Å². The van der Waals surface area contributed by atoms with Gasteiger partial charge in [0, 0.05) is 30.5 Å². The highest BCUT2D eigenvalue weighted by molar-refractivity contribution is 7.98. The highest BCUT2D eigenvalue weighted by atomic mass is 32.2. The molecule has 1 atom stereocenters. The van der Waals surface area contributed by atoms with Crippen LogP contribution in [0.4, 0.5) is 0 Å². The summed E-state index contributed by atoms with van der Waals surface area (Å²) in [7, 11) is 0. The van der Waals surface area contributed by atoms with E-state index in [-0.39, 0.29) is 0 Å². The van der Waals surface area contributed by atoms with Crippen molar-refractivity contribution >= 4 is 11.8 Å². The van der Waals surface area contributed by atoms with Crippen LogP contribution >= 0.6 is 11.8 Å². The molecule has 106 valence electrons. The lowest BCUT2D eigenvalue weighted by atomic mass is 10.0. The zero-order valence-corrected chi connectivity index (χ0v) is 12.9. The van der Waals surface area contributed by atoms with Gasteiger partial charge in [-0.3, -0.25) is 0 Å². The molecule has 0 radical (unpaired) electrons. The van der Waals surface area contributed by atoms with E-state index in [0.717, 1.165) is 30.1 Å². The minimum absolute atomic E-state index is 0.390. The Morgan fingerprint density at radius 2 is 1.85 bits per heavy atom. The molecule has 0 unspecified atom stereocenters. The van der Waals surface area contributed by atoms with Crippen molar-refractivity contribution in [2.75, 3.05) is 6.26 Å². The summed E-state index contributed by atoms with van der Waals surface area (Å²) in [6.45, 7) is 3.02. The van der Waals surface area contributed by atoms with Gasteiger partial charge >= 0.3 is 0 Å². The Morgan fingerprint density at radius 3 is 2.45 bits per heavy atom. The Kier molecular flexibility index (Phi) is 6.02. The number of thioether (sulfide) groups is 1. The average Bonchev–Trinajstić information content (AvgIpc) is 2.53. The van der Waals surface area contributed by atoms with Crippen molar-refractivity contribution in [1.29, 1.82) is 0 Å². The normalized spacial score (nSPS) is 12.3. The fourth-order valence-corrected chi connectivity index (χ4v) is 2.46. The molecule has 0 amide bonds. The summed E-state index contributed by atoms with van der Waals surface area (Å²) in [6, 6.07) is 11.0. The average molecular weight is 287 g/mol. The number of aromatic nitrogens is 2. The monoisotopic (exact) mass is 287 g/mol. The molecule has 0 spiro atoms. The van der Waals surface area contributed by atoms with Crippen LogP contribution < -0.4 is 5.32 Å². The van der Waals surface area contributed by atoms with E-state index in [1.54, 1.807) is 11.8 Å². The first-order valence-corrected chi connectivity index (χ1v) is 8.19. The number of hydrogen-bond donors (Lipinski definition) is 1. The fraction of sp³-hybridized carbons (Fsp3) is 0.375. The Labute approximate surface area is 125 Å². The zero-order chi connectivity index (χ0) is 14.2. The summed E-state index contributed by atoms with van der Waals surface area (Å²) >= 11 is 1.56. The minimum Gasteiger partial charge on any atom is -0.306 e. The minimum atomic E-state index is 0.390. The molecule has 1 heterocycles. The highest BCUT2D eigenvalue weighted by Gasteiger charge is 2.09. The molecule has 0 saturated heterocycles. The Balaban J connectivity index is 1.98. The van der Waals surface area contributed by atoms with E-state index < -0.39 is 0 Å². The standard InChI is InChI=1S/C16H21N3S/c1-3-7-15(14-8-5-4-6-9-14)17-10-13-11-18-16(20-2)19-12-13/h4-6,8-9,11-12,15,17H,3,7,10H2,1-2H3/t15-/m1/s1. The summed E-state index contributed by atoms with van der Waals surface area (Å²) < 4.78 is 0. The topological polar surface area (TPSA) is 37.8 Å². The number of benzene rings is 1. The molecule has 0 aliphatic carbocycles. The molecule has 3 nitrogen and oxygen atoms in total. The SMILES string of the molecule is CCC[C@@H](NCc1cnc(SC)nc1)c1ccccc1. The summed E-state index contributed by atoms with van der Waals surface area (Å²) in [5.41, 5.74) is 2.47. The van der Waals surface area contributed by atoms with Gasteiger partial charge in [-0.15, -0.1) is 0 Å². The van der Waals surface area contributed by atoms with Gasteiger partial charge in [0.1, 0.15) is 0 Å². The first-order chi connectivity index (χ1) is 9.83. The van der Waals surface area contributed by atoms with Crippen molar-refractivity contribution in [3.05, 3.63) is 53.9 Å². The van der Waals surface area contributed by atoms with Crippen LogP contribution in [-0.4, -0.2) is 16.2 Å². The molecule has 0 bridgehead atoms. The first-order valence-electron chi connectivity index (χ1n) is 6.96. The molecule has 1 aromatic carbocycles. The first kappa shape index (κ1) is 15.0. The number of hydrogen-bond acceptors (Lipinski definition) is 4. The molecular formula is C16H21N3S. The maximum Gasteiger partial charge on any atom is 0.187 e. The van der Waals surface area contributed by atoms with Crippen molar-refractivity contribution in [2.24, 2.45) is 0 Å². The molecule has 1 aromatic heterocycles. The summed E-state index contributed by atoms with van der Waals surface area (Å²) in [5.74, 6) is 0. The summed E-state index contributed by atoms with van der Waals surface area (Å²) in [5, 5.41) is 4.43. The van der Waals surface area contributed by atoms with E-state index in [4.69, 9.17) is 0 Å². The van der Waals surface area contributed by atoms with Gasteiger partial charge in [0.05, 0.1) is 0 Å². The quantitative estimate of drug-likeness (QED) is 0.620. The number of rotatable bonds is 7. The molecular weight excluding hydrogens is 266 g/mol. The van der Waals surface area contributed by atoms with Crippen LogP contribution in [0.3, 0.4) is 0 Å². The van der Waals surface area contributed by atoms with E-state index in [9.17, 15) is 0 Å². The zero-order valence-electron chi connectivity index (χ0n) is 12.0. The maximum absolute atomic E-state index is 4.31. The number of nitrogens with one attached hydrogen (secondary N) is 1. The van der Waals surface area contributed by atoms with Crippen LogP contribution in [0.25, 0.3) is 0 Å². The Morgan fingerprint density at radius 1 is 1.15 bits per heavy atom. The predicted molar refractivity (Wildman–Crippen MR) is 84.7 cm³/mol. The van der Waals surface area contributed by atoms with Gasteiger partial charge in [-0.25, -0.2) is 9.97 Å². The number of nitrogens with zero attached hydrogens (tertiary/aromatic N) is 2. The molecule has 4 heteroatoms. The van der Waals surface area contributed by atoms with E-state index in [1.165, 1.54) is 5.56 Å². The maximum atomic E-state index is 4.31. The van der Waals surface area contributed by atoms with Crippen molar-refractivity contribution in [2.45, 2.75) is 37.5 Å². The summed E-state index contributed by atoms with van der Waals surface area (Å²) in [6.07, 6.45) is 8.09. The van der Waals surface area contributed by atoms with Crippen LogP contribution in [0, 0.1) is 0 Å². The molecule has 2 aromatic rings. The Bertz CT molecular complexity index is 499. The van der Waals surface area contributed by atoms with E-state index in [2.05, 4.69) is 52.5 Å². The predicted octanol–water partition coefficient (Wildman–Crippen LogP) is 3.83. The second-order valence-electron chi connectivity index (χ2n) is 4.71. The van der Waals surface area contributed by atoms with Crippen molar-refractivity contribution in [3.63, 3.8) is 0 Å². The van der Waals surface area contributed by atoms with Gasteiger partial charge in [0.2, 0.25) is 0 Å². The molecule has 0 fully saturated rings. The van der Waals surface area contributed by atoms with E-state index in [0.29, 0.717) is 6.04 Å². The lowest BCUT2D eigenvalue weighted by Crippen LogP contribution is -2.21. The van der Waals surface area contributed by atoms with Gasteiger partial charge in [0.25, 0.3) is 0 Å². The van der Waals surface area contributed by atoms with Crippen molar-refractivity contribution in [3.8, 4) is 0 Å². The molecule has 1 N–H and O–H groups in total. The second-order valence-corrected chi connectivity index (χ2v) is 5.48. The fourth-order valence-electron chi connectivity index (χ4n) is 2.14. The lowest BCUT2D eigenvalue weighted by Gasteiger charge is -2.18. The smallest absolute Gasteiger partial charge is 0.187 e. The van der Waals surface area contributed by atoms with Crippen LogP contribution in [0.1, 0.15) is 36.9 Å². The van der Waals surface area contributed by atoms with Crippen LogP contribution in [0.15, 0.2) is 47.9 Å².